The summed E-state index contributed by atoms with van der Waals surface area (Å²) in [5.41, 5.74) is 3.14. The number of morpholine rings is 1. The van der Waals surface area contributed by atoms with Gasteiger partial charge >= 0.3 is 0 Å². The molecule has 0 spiro atoms. The highest BCUT2D eigenvalue weighted by Gasteiger charge is 2.23. The van der Waals surface area contributed by atoms with Crippen LogP contribution in [-0.2, 0) is 16.0 Å². The molecule has 0 radical (unpaired) electrons. The van der Waals surface area contributed by atoms with Gasteiger partial charge in [-0.3, -0.25) is 9.69 Å². The summed E-state index contributed by atoms with van der Waals surface area (Å²) in [4.78, 5) is 14.7. The number of nitrogens with one attached hydrogen (secondary N) is 1. The number of benzene rings is 2. The van der Waals surface area contributed by atoms with Crippen LogP contribution < -0.4 is 10.1 Å². The Hall–Kier alpha value is -2.70. The van der Waals surface area contributed by atoms with E-state index in [0.29, 0.717) is 19.8 Å². The summed E-state index contributed by atoms with van der Waals surface area (Å²) in [6, 6.07) is 12.4. The van der Waals surface area contributed by atoms with Crippen LogP contribution in [-0.4, -0.2) is 50.3 Å². The van der Waals surface area contributed by atoms with Crippen molar-refractivity contribution in [3.63, 3.8) is 0 Å². The third kappa shape index (κ3) is 5.02. The van der Waals surface area contributed by atoms with Gasteiger partial charge in [-0.15, -0.1) is 0 Å². The molecule has 1 N–H and O–H groups in total. The summed E-state index contributed by atoms with van der Waals surface area (Å²) in [7, 11) is 0. The van der Waals surface area contributed by atoms with E-state index in [2.05, 4.69) is 16.3 Å². The van der Waals surface area contributed by atoms with E-state index >= 15 is 0 Å². The fourth-order valence-electron chi connectivity index (χ4n) is 3.77. The van der Waals surface area contributed by atoms with E-state index in [-0.39, 0.29) is 17.8 Å². The Morgan fingerprint density at radius 1 is 1.14 bits per heavy atom. The van der Waals surface area contributed by atoms with Crippen LogP contribution in [0.15, 0.2) is 48.5 Å². The number of carbonyl (C=O) groups is 1. The standard InChI is InChI=1S/C23H25FN2O3/c24-20-5-3-18(4-6-20)21(26-10-13-28-14-11-26)16-25-23(27)8-2-17-1-7-22-19(15-17)9-12-29-22/h1-8,15,21H,9-14,16H2,(H,25,27)/b8-2+. The van der Waals surface area contributed by atoms with Crippen molar-refractivity contribution in [2.45, 2.75) is 12.5 Å². The molecular formula is C23H25FN2O3. The van der Waals surface area contributed by atoms with Crippen LogP contribution in [0, 0.1) is 5.82 Å². The van der Waals surface area contributed by atoms with Crippen LogP contribution in [0.25, 0.3) is 6.08 Å². The lowest BCUT2D eigenvalue weighted by atomic mass is 10.0. The smallest absolute Gasteiger partial charge is 0.244 e. The number of rotatable bonds is 6. The molecule has 2 aromatic carbocycles. The van der Waals surface area contributed by atoms with Crippen molar-refractivity contribution in [2.75, 3.05) is 39.5 Å². The SMILES string of the molecule is O=C(/C=C/c1ccc2c(c1)CCO2)NCC(c1ccc(F)cc1)N1CCOCC1. The first-order chi connectivity index (χ1) is 14.2. The Balaban J connectivity index is 1.39. The predicted molar refractivity (Wildman–Crippen MR) is 109 cm³/mol. The molecule has 1 amide bonds. The zero-order valence-electron chi connectivity index (χ0n) is 16.3. The molecule has 2 heterocycles. The predicted octanol–water partition coefficient (Wildman–Crippen LogP) is 2.96. The van der Waals surface area contributed by atoms with Crippen molar-refractivity contribution in [1.29, 1.82) is 0 Å². The highest BCUT2D eigenvalue weighted by atomic mass is 19.1. The maximum absolute atomic E-state index is 13.3. The van der Waals surface area contributed by atoms with E-state index in [1.54, 1.807) is 18.2 Å². The molecule has 5 nitrogen and oxygen atoms in total. The van der Waals surface area contributed by atoms with Crippen molar-refractivity contribution in [2.24, 2.45) is 0 Å². The van der Waals surface area contributed by atoms with Crippen molar-refractivity contribution in [3.05, 3.63) is 71.0 Å². The first-order valence-electron chi connectivity index (χ1n) is 9.98. The van der Waals surface area contributed by atoms with Gasteiger partial charge in [0.15, 0.2) is 0 Å². The van der Waals surface area contributed by atoms with Gasteiger partial charge in [0, 0.05) is 32.1 Å². The molecule has 29 heavy (non-hydrogen) atoms. The minimum absolute atomic E-state index is 0.0195. The lowest BCUT2D eigenvalue weighted by Gasteiger charge is -2.34. The van der Waals surface area contributed by atoms with Crippen molar-refractivity contribution >= 4 is 12.0 Å². The minimum atomic E-state index is -0.263. The van der Waals surface area contributed by atoms with E-state index in [9.17, 15) is 9.18 Å². The van der Waals surface area contributed by atoms with Crippen molar-refractivity contribution in [3.8, 4) is 5.75 Å². The second kappa shape index (κ2) is 9.20. The Bertz CT molecular complexity index is 876. The fraction of sp³-hybridized carbons (Fsp3) is 0.348. The quantitative estimate of drug-likeness (QED) is 0.763. The number of carbonyl (C=O) groups excluding carboxylic acids is 1. The zero-order chi connectivity index (χ0) is 20.1. The Morgan fingerprint density at radius 2 is 1.93 bits per heavy atom. The highest BCUT2D eigenvalue weighted by Crippen LogP contribution is 2.26. The summed E-state index contributed by atoms with van der Waals surface area (Å²) in [6.07, 6.45) is 4.27. The van der Waals surface area contributed by atoms with Crippen LogP contribution in [0.2, 0.25) is 0 Å². The molecule has 1 saturated heterocycles. The summed E-state index contributed by atoms with van der Waals surface area (Å²) in [5.74, 6) is 0.516. The summed E-state index contributed by atoms with van der Waals surface area (Å²) in [6.45, 7) is 4.05. The zero-order valence-corrected chi connectivity index (χ0v) is 16.3. The monoisotopic (exact) mass is 396 g/mol. The van der Waals surface area contributed by atoms with Crippen molar-refractivity contribution < 1.29 is 18.7 Å². The molecule has 2 aliphatic rings. The fourth-order valence-corrected chi connectivity index (χ4v) is 3.77. The molecule has 1 fully saturated rings. The van der Waals surface area contributed by atoms with Gasteiger partial charge in [0.1, 0.15) is 11.6 Å². The number of hydrogen-bond donors (Lipinski definition) is 1. The van der Waals surface area contributed by atoms with Gasteiger partial charge in [-0.25, -0.2) is 4.39 Å². The molecule has 0 saturated carbocycles. The second-order valence-corrected chi connectivity index (χ2v) is 7.26. The van der Waals surface area contributed by atoms with Crippen molar-refractivity contribution in [1.82, 2.24) is 10.2 Å². The molecular weight excluding hydrogens is 371 g/mol. The van der Waals surface area contributed by atoms with Gasteiger partial charge in [-0.1, -0.05) is 18.2 Å². The Morgan fingerprint density at radius 3 is 2.72 bits per heavy atom. The van der Waals surface area contributed by atoms with E-state index in [4.69, 9.17) is 9.47 Å². The number of ether oxygens (including phenoxy) is 2. The second-order valence-electron chi connectivity index (χ2n) is 7.26. The van der Waals surface area contributed by atoms with Crippen LogP contribution >= 0.6 is 0 Å². The Labute approximate surface area is 170 Å². The molecule has 1 unspecified atom stereocenters. The van der Waals surface area contributed by atoms with Gasteiger partial charge in [0.25, 0.3) is 0 Å². The van der Waals surface area contributed by atoms with Crippen LogP contribution in [0.5, 0.6) is 5.75 Å². The molecule has 1 atom stereocenters. The van der Waals surface area contributed by atoms with Crippen LogP contribution in [0.3, 0.4) is 0 Å². The van der Waals surface area contributed by atoms with Gasteiger partial charge in [-0.2, -0.15) is 0 Å². The third-order valence-electron chi connectivity index (χ3n) is 5.35. The Kier molecular flexibility index (Phi) is 6.22. The summed E-state index contributed by atoms with van der Waals surface area (Å²) in [5, 5.41) is 2.99. The van der Waals surface area contributed by atoms with Gasteiger partial charge in [-0.05, 0) is 47.0 Å². The molecule has 4 rings (SSSR count). The molecule has 0 aliphatic carbocycles. The average molecular weight is 396 g/mol. The van der Waals surface area contributed by atoms with Gasteiger partial charge in [0.05, 0.1) is 25.9 Å². The molecule has 2 aliphatic heterocycles. The molecule has 0 bridgehead atoms. The van der Waals surface area contributed by atoms with Gasteiger partial charge < -0.3 is 14.8 Å². The summed E-state index contributed by atoms with van der Waals surface area (Å²) < 4.78 is 24.3. The first kappa shape index (κ1) is 19.6. The van der Waals surface area contributed by atoms with Crippen LogP contribution in [0.1, 0.15) is 22.7 Å². The lowest BCUT2D eigenvalue weighted by molar-refractivity contribution is -0.116. The largest absolute Gasteiger partial charge is 0.493 e. The van der Waals surface area contributed by atoms with E-state index in [0.717, 1.165) is 43.0 Å². The first-order valence-corrected chi connectivity index (χ1v) is 9.98. The number of fused-ring (bicyclic) bond motifs is 1. The highest BCUT2D eigenvalue weighted by molar-refractivity contribution is 5.91. The molecule has 6 heteroatoms. The normalized spacial score (nSPS) is 17.7. The molecule has 0 aromatic heterocycles. The summed E-state index contributed by atoms with van der Waals surface area (Å²) >= 11 is 0. The number of nitrogens with zero attached hydrogens (tertiary/aromatic N) is 1. The van der Waals surface area contributed by atoms with E-state index < -0.39 is 0 Å². The topological polar surface area (TPSA) is 50.8 Å². The van der Waals surface area contributed by atoms with E-state index in [1.165, 1.54) is 17.7 Å². The number of halogens is 1. The number of hydrogen-bond acceptors (Lipinski definition) is 4. The maximum Gasteiger partial charge on any atom is 0.244 e. The number of amides is 1. The minimum Gasteiger partial charge on any atom is -0.493 e. The van der Waals surface area contributed by atoms with E-state index in [1.807, 2.05) is 18.2 Å². The van der Waals surface area contributed by atoms with Crippen LogP contribution in [0.4, 0.5) is 4.39 Å². The van der Waals surface area contributed by atoms with Gasteiger partial charge in [0.2, 0.25) is 5.91 Å². The average Bonchev–Trinajstić information content (AvgIpc) is 3.22. The lowest BCUT2D eigenvalue weighted by Crippen LogP contribution is -2.43. The third-order valence-corrected chi connectivity index (χ3v) is 5.35. The molecule has 2 aromatic rings. The molecule has 152 valence electrons. The maximum atomic E-state index is 13.3.